The Kier molecular flexibility index (Phi) is 3.48. The average molecular weight is 280 g/mol. The standard InChI is InChI=1S/C16H22ClNO/c1-16(2)14(17)9-15(16)18-10-11-7-8-19-13-6-4-3-5-12(11)13/h3-6,11,14-15,18H,7-10H2,1-2H3. The molecule has 0 amide bonds. The molecule has 104 valence electrons. The van der Waals surface area contributed by atoms with Crippen LogP contribution in [0, 0.1) is 5.41 Å². The molecule has 1 aliphatic heterocycles. The lowest BCUT2D eigenvalue weighted by Crippen LogP contribution is -2.58. The van der Waals surface area contributed by atoms with Crippen molar-refractivity contribution in [3.63, 3.8) is 0 Å². The zero-order chi connectivity index (χ0) is 13.5. The van der Waals surface area contributed by atoms with E-state index in [2.05, 4.69) is 37.4 Å². The molecule has 0 aromatic heterocycles. The first-order chi connectivity index (χ1) is 9.09. The molecule has 3 atom stereocenters. The van der Waals surface area contributed by atoms with Crippen LogP contribution in [0.5, 0.6) is 5.75 Å². The predicted molar refractivity (Wildman–Crippen MR) is 79.1 cm³/mol. The number of hydrogen-bond donors (Lipinski definition) is 1. The topological polar surface area (TPSA) is 21.3 Å². The van der Waals surface area contributed by atoms with Gasteiger partial charge in [-0.3, -0.25) is 0 Å². The summed E-state index contributed by atoms with van der Waals surface area (Å²) in [5, 5.41) is 4.02. The van der Waals surface area contributed by atoms with Crippen molar-refractivity contribution in [2.45, 2.75) is 44.0 Å². The van der Waals surface area contributed by atoms with Crippen LogP contribution >= 0.6 is 11.6 Å². The van der Waals surface area contributed by atoms with E-state index in [0.717, 1.165) is 31.7 Å². The summed E-state index contributed by atoms with van der Waals surface area (Å²) in [6.07, 6.45) is 2.18. The summed E-state index contributed by atoms with van der Waals surface area (Å²) in [5.41, 5.74) is 1.56. The number of halogens is 1. The Hall–Kier alpha value is -0.730. The van der Waals surface area contributed by atoms with Crippen LogP contribution in [-0.2, 0) is 0 Å². The summed E-state index contributed by atoms with van der Waals surface area (Å²) in [4.78, 5) is 0. The van der Waals surface area contributed by atoms with Gasteiger partial charge in [0.1, 0.15) is 5.75 Å². The first-order valence-electron chi connectivity index (χ1n) is 7.18. The Morgan fingerprint density at radius 2 is 2.16 bits per heavy atom. The van der Waals surface area contributed by atoms with E-state index in [9.17, 15) is 0 Å². The highest BCUT2D eigenvalue weighted by atomic mass is 35.5. The highest BCUT2D eigenvalue weighted by molar-refractivity contribution is 6.21. The van der Waals surface area contributed by atoms with Crippen molar-refractivity contribution < 1.29 is 4.74 Å². The van der Waals surface area contributed by atoms with E-state index < -0.39 is 0 Å². The van der Waals surface area contributed by atoms with Crippen molar-refractivity contribution in [2.75, 3.05) is 13.2 Å². The van der Waals surface area contributed by atoms with Crippen molar-refractivity contribution in [1.29, 1.82) is 0 Å². The van der Waals surface area contributed by atoms with Crippen molar-refractivity contribution in [3.05, 3.63) is 29.8 Å². The van der Waals surface area contributed by atoms with Crippen LogP contribution in [0.15, 0.2) is 24.3 Å². The fourth-order valence-electron chi connectivity index (χ4n) is 3.13. The molecule has 1 aliphatic carbocycles. The molecule has 1 heterocycles. The van der Waals surface area contributed by atoms with Gasteiger partial charge in [0.05, 0.1) is 6.61 Å². The first-order valence-corrected chi connectivity index (χ1v) is 7.62. The fourth-order valence-corrected chi connectivity index (χ4v) is 3.46. The minimum absolute atomic E-state index is 0.215. The van der Waals surface area contributed by atoms with Crippen LogP contribution in [0.25, 0.3) is 0 Å². The minimum atomic E-state index is 0.215. The molecule has 3 unspecified atom stereocenters. The Morgan fingerprint density at radius 1 is 1.37 bits per heavy atom. The zero-order valence-electron chi connectivity index (χ0n) is 11.7. The quantitative estimate of drug-likeness (QED) is 0.855. The van der Waals surface area contributed by atoms with E-state index in [-0.39, 0.29) is 5.41 Å². The number of para-hydroxylation sites is 1. The van der Waals surface area contributed by atoms with Gasteiger partial charge < -0.3 is 10.1 Å². The summed E-state index contributed by atoms with van der Waals surface area (Å²) in [6, 6.07) is 8.95. The van der Waals surface area contributed by atoms with Gasteiger partial charge in [-0.2, -0.15) is 0 Å². The number of fused-ring (bicyclic) bond motifs is 1. The molecule has 2 nitrogen and oxygen atoms in total. The molecular weight excluding hydrogens is 258 g/mol. The second kappa shape index (κ2) is 4.99. The maximum atomic E-state index is 6.28. The molecule has 3 heteroatoms. The predicted octanol–water partition coefficient (Wildman–Crippen LogP) is 3.55. The number of alkyl halides is 1. The van der Waals surface area contributed by atoms with Gasteiger partial charge in [-0.25, -0.2) is 0 Å². The first kappa shape index (κ1) is 13.3. The molecular formula is C16H22ClNO. The largest absolute Gasteiger partial charge is 0.493 e. The molecule has 19 heavy (non-hydrogen) atoms. The van der Waals surface area contributed by atoms with Crippen molar-refractivity contribution in [3.8, 4) is 5.75 Å². The molecule has 1 N–H and O–H groups in total. The third kappa shape index (κ3) is 2.36. The SMILES string of the molecule is CC1(C)C(Cl)CC1NCC1CCOc2ccccc21. The average Bonchev–Trinajstić information content (AvgIpc) is 2.43. The highest BCUT2D eigenvalue weighted by Crippen LogP contribution is 2.44. The van der Waals surface area contributed by atoms with E-state index in [1.54, 1.807) is 0 Å². The Morgan fingerprint density at radius 3 is 2.89 bits per heavy atom. The lowest BCUT2D eigenvalue weighted by atomic mass is 9.66. The van der Waals surface area contributed by atoms with Crippen LogP contribution < -0.4 is 10.1 Å². The second-order valence-electron chi connectivity index (χ2n) is 6.36. The molecule has 2 aliphatic rings. The molecule has 3 rings (SSSR count). The number of hydrogen-bond acceptors (Lipinski definition) is 2. The summed E-state index contributed by atoms with van der Waals surface area (Å²) in [7, 11) is 0. The molecule has 1 aromatic carbocycles. The third-order valence-electron chi connectivity index (χ3n) is 4.84. The van der Waals surface area contributed by atoms with E-state index in [4.69, 9.17) is 16.3 Å². The monoisotopic (exact) mass is 279 g/mol. The van der Waals surface area contributed by atoms with Crippen molar-refractivity contribution >= 4 is 11.6 Å². The number of rotatable bonds is 3. The van der Waals surface area contributed by atoms with Crippen LogP contribution in [0.3, 0.4) is 0 Å². The van der Waals surface area contributed by atoms with E-state index in [1.165, 1.54) is 5.56 Å². The molecule has 1 fully saturated rings. The number of benzene rings is 1. The zero-order valence-corrected chi connectivity index (χ0v) is 12.4. The van der Waals surface area contributed by atoms with Crippen LogP contribution in [-0.4, -0.2) is 24.6 Å². The maximum absolute atomic E-state index is 6.28. The van der Waals surface area contributed by atoms with Crippen LogP contribution in [0.4, 0.5) is 0 Å². The molecule has 0 radical (unpaired) electrons. The fraction of sp³-hybridized carbons (Fsp3) is 0.625. The normalized spacial score (nSPS) is 32.1. The molecule has 1 aromatic rings. The van der Waals surface area contributed by atoms with Gasteiger partial charge in [0.2, 0.25) is 0 Å². The molecule has 0 spiro atoms. The summed E-state index contributed by atoms with van der Waals surface area (Å²) in [5.74, 6) is 1.62. The van der Waals surface area contributed by atoms with Crippen molar-refractivity contribution in [1.82, 2.24) is 5.32 Å². The van der Waals surface area contributed by atoms with Gasteiger partial charge in [0.15, 0.2) is 0 Å². The Bertz CT molecular complexity index is 460. The lowest BCUT2D eigenvalue weighted by Gasteiger charge is -2.50. The van der Waals surface area contributed by atoms with Gasteiger partial charge in [-0.15, -0.1) is 11.6 Å². The van der Waals surface area contributed by atoms with E-state index in [0.29, 0.717) is 17.3 Å². The van der Waals surface area contributed by atoms with Gasteiger partial charge >= 0.3 is 0 Å². The van der Waals surface area contributed by atoms with Crippen molar-refractivity contribution in [2.24, 2.45) is 5.41 Å². The summed E-state index contributed by atoms with van der Waals surface area (Å²) < 4.78 is 5.71. The van der Waals surface area contributed by atoms with Gasteiger partial charge in [0, 0.05) is 23.9 Å². The minimum Gasteiger partial charge on any atom is -0.493 e. The van der Waals surface area contributed by atoms with E-state index in [1.807, 2.05) is 6.07 Å². The highest BCUT2D eigenvalue weighted by Gasteiger charge is 2.46. The van der Waals surface area contributed by atoms with Gasteiger partial charge in [-0.1, -0.05) is 32.0 Å². The van der Waals surface area contributed by atoms with Gasteiger partial charge in [0.25, 0.3) is 0 Å². The third-order valence-corrected chi connectivity index (χ3v) is 5.58. The summed E-state index contributed by atoms with van der Waals surface area (Å²) >= 11 is 6.28. The Balaban J connectivity index is 1.63. The van der Waals surface area contributed by atoms with Gasteiger partial charge in [-0.05, 0) is 29.9 Å². The van der Waals surface area contributed by atoms with E-state index >= 15 is 0 Å². The molecule has 1 saturated carbocycles. The molecule has 0 bridgehead atoms. The Labute approximate surface area is 120 Å². The number of ether oxygens (including phenoxy) is 1. The van der Waals surface area contributed by atoms with Crippen LogP contribution in [0.1, 0.15) is 38.2 Å². The molecule has 0 saturated heterocycles. The maximum Gasteiger partial charge on any atom is 0.122 e. The smallest absolute Gasteiger partial charge is 0.122 e. The lowest BCUT2D eigenvalue weighted by molar-refractivity contribution is 0.113. The second-order valence-corrected chi connectivity index (χ2v) is 6.88. The summed E-state index contributed by atoms with van der Waals surface area (Å²) in [6.45, 7) is 6.36. The number of nitrogens with one attached hydrogen (secondary N) is 1. The van der Waals surface area contributed by atoms with Crippen LogP contribution in [0.2, 0.25) is 0 Å².